The second-order valence-corrected chi connectivity index (χ2v) is 10.1. The highest BCUT2D eigenvalue weighted by Crippen LogP contribution is 2.34. The quantitative estimate of drug-likeness (QED) is 0.346. The van der Waals surface area contributed by atoms with Crippen molar-refractivity contribution < 1.29 is 24.5 Å². The Morgan fingerprint density at radius 3 is 2.57 bits per heavy atom. The smallest absolute Gasteiger partial charge is 0.407 e. The number of hydrogen-bond donors (Lipinski definition) is 3. The Morgan fingerprint density at radius 1 is 1.16 bits per heavy atom. The summed E-state index contributed by atoms with van der Waals surface area (Å²) in [5.74, 6) is -0.546. The van der Waals surface area contributed by atoms with Gasteiger partial charge < -0.3 is 29.7 Å². The number of amides is 2. The lowest BCUT2D eigenvalue weighted by Crippen LogP contribution is -2.47. The number of nitrogens with one attached hydrogen (secondary N) is 1. The SMILES string of the molecule is C=CC(=O)N(CCN(CC(Cc1ccccc1)c1ccc(O)c2[nH]c(=O)sc12)C(=O)O)C1CCOCC1. The maximum Gasteiger partial charge on any atom is 0.407 e. The first-order valence-corrected chi connectivity index (χ1v) is 13.1. The molecule has 10 heteroatoms. The third-order valence-electron chi connectivity index (χ3n) is 6.76. The van der Waals surface area contributed by atoms with Crippen molar-refractivity contribution in [3.05, 3.63) is 75.9 Å². The van der Waals surface area contributed by atoms with Crippen LogP contribution in [0.25, 0.3) is 10.2 Å². The highest BCUT2D eigenvalue weighted by molar-refractivity contribution is 7.16. The topological polar surface area (TPSA) is 123 Å². The lowest BCUT2D eigenvalue weighted by Gasteiger charge is -2.35. The average molecular weight is 526 g/mol. The molecule has 1 aromatic heterocycles. The van der Waals surface area contributed by atoms with Crippen molar-refractivity contribution in [2.24, 2.45) is 0 Å². The molecule has 2 heterocycles. The van der Waals surface area contributed by atoms with E-state index in [4.69, 9.17) is 4.74 Å². The number of ether oxygens (including phenoxy) is 1. The van der Waals surface area contributed by atoms with Crippen LogP contribution in [0, 0.1) is 0 Å². The molecule has 3 aromatic rings. The number of aromatic amines is 1. The van der Waals surface area contributed by atoms with Crippen LogP contribution in [0.3, 0.4) is 0 Å². The normalized spacial score (nSPS) is 14.8. The van der Waals surface area contributed by atoms with E-state index in [9.17, 15) is 24.6 Å². The first-order chi connectivity index (χ1) is 17.9. The van der Waals surface area contributed by atoms with Crippen molar-refractivity contribution in [1.29, 1.82) is 0 Å². The largest absolute Gasteiger partial charge is 0.506 e. The lowest BCUT2D eigenvalue weighted by atomic mass is 9.91. The number of phenolic OH excluding ortho intramolecular Hbond substituents is 1. The predicted molar refractivity (Wildman–Crippen MR) is 142 cm³/mol. The van der Waals surface area contributed by atoms with Gasteiger partial charge in [0.15, 0.2) is 0 Å². The van der Waals surface area contributed by atoms with Crippen molar-refractivity contribution in [2.45, 2.75) is 31.2 Å². The molecule has 0 aliphatic carbocycles. The number of phenols is 1. The van der Waals surface area contributed by atoms with Gasteiger partial charge in [-0.25, -0.2) is 4.79 Å². The van der Waals surface area contributed by atoms with E-state index in [1.165, 1.54) is 17.0 Å². The number of H-pyrrole nitrogens is 1. The summed E-state index contributed by atoms with van der Waals surface area (Å²) in [6.45, 7) is 5.25. The molecule has 3 N–H and O–H groups in total. The molecule has 0 bridgehead atoms. The zero-order chi connectivity index (χ0) is 26.4. The number of carbonyl (C=O) groups excluding carboxylic acids is 1. The third kappa shape index (κ3) is 6.39. The fourth-order valence-corrected chi connectivity index (χ4v) is 5.83. The fraction of sp³-hybridized carbons (Fsp3) is 0.370. The maximum absolute atomic E-state index is 12.6. The average Bonchev–Trinajstić information content (AvgIpc) is 3.31. The van der Waals surface area contributed by atoms with Gasteiger partial charge in [0.1, 0.15) is 11.3 Å². The molecule has 2 amide bonds. The summed E-state index contributed by atoms with van der Waals surface area (Å²) in [7, 11) is 0. The summed E-state index contributed by atoms with van der Waals surface area (Å²) in [4.78, 5) is 42.5. The Morgan fingerprint density at radius 2 is 1.89 bits per heavy atom. The molecule has 4 rings (SSSR count). The number of carboxylic acid groups (broad SMARTS) is 1. The van der Waals surface area contributed by atoms with E-state index in [1.807, 2.05) is 30.3 Å². The number of carbonyl (C=O) groups is 2. The van der Waals surface area contributed by atoms with Crippen LogP contribution in [0.4, 0.5) is 4.79 Å². The molecule has 2 aromatic carbocycles. The molecule has 1 unspecified atom stereocenters. The molecule has 1 fully saturated rings. The Balaban J connectivity index is 1.62. The maximum atomic E-state index is 12.6. The molecule has 0 radical (unpaired) electrons. The van der Waals surface area contributed by atoms with Crippen LogP contribution < -0.4 is 4.87 Å². The van der Waals surface area contributed by atoms with Gasteiger partial charge in [0.2, 0.25) is 5.91 Å². The number of nitrogens with zero attached hydrogens (tertiary/aromatic N) is 2. The zero-order valence-corrected chi connectivity index (χ0v) is 21.3. The summed E-state index contributed by atoms with van der Waals surface area (Å²) >= 11 is 0.998. The summed E-state index contributed by atoms with van der Waals surface area (Å²) < 4.78 is 6.03. The fourth-order valence-electron chi connectivity index (χ4n) is 4.88. The van der Waals surface area contributed by atoms with Crippen molar-refractivity contribution in [2.75, 3.05) is 32.8 Å². The molecular weight excluding hydrogens is 494 g/mol. The van der Waals surface area contributed by atoms with Crippen molar-refractivity contribution >= 4 is 33.6 Å². The minimum atomic E-state index is -1.09. The first-order valence-electron chi connectivity index (χ1n) is 12.2. The van der Waals surface area contributed by atoms with Crippen molar-refractivity contribution in [3.63, 3.8) is 0 Å². The van der Waals surface area contributed by atoms with E-state index in [0.717, 1.165) is 22.5 Å². The minimum Gasteiger partial charge on any atom is -0.506 e. The molecule has 1 atom stereocenters. The van der Waals surface area contributed by atoms with Crippen LogP contribution in [0.2, 0.25) is 0 Å². The number of aromatic hydroxyl groups is 1. The van der Waals surface area contributed by atoms with Gasteiger partial charge in [0.05, 0.1) is 4.70 Å². The van der Waals surface area contributed by atoms with E-state index in [1.54, 1.807) is 11.0 Å². The van der Waals surface area contributed by atoms with E-state index in [0.29, 0.717) is 42.7 Å². The van der Waals surface area contributed by atoms with Gasteiger partial charge in [-0.1, -0.05) is 54.3 Å². The number of benzene rings is 2. The van der Waals surface area contributed by atoms with Gasteiger partial charge in [-0.05, 0) is 42.5 Å². The van der Waals surface area contributed by atoms with E-state index in [-0.39, 0.29) is 48.1 Å². The van der Waals surface area contributed by atoms with Gasteiger partial charge in [-0.3, -0.25) is 9.59 Å². The molecule has 0 spiro atoms. The van der Waals surface area contributed by atoms with Crippen LogP contribution in [0.15, 0.2) is 59.9 Å². The third-order valence-corrected chi connectivity index (χ3v) is 7.70. The first kappa shape index (κ1) is 26.4. The summed E-state index contributed by atoms with van der Waals surface area (Å²) in [6.07, 6.45) is 2.10. The van der Waals surface area contributed by atoms with Crippen LogP contribution >= 0.6 is 11.3 Å². The summed E-state index contributed by atoms with van der Waals surface area (Å²) in [5.41, 5.74) is 2.16. The Bertz CT molecular complexity index is 1300. The number of thiazole rings is 1. The van der Waals surface area contributed by atoms with E-state index < -0.39 is 6.09 Å². The van der Waals surface area contributed by atoms with Gasteiger partial charge >= 0.3 is 11.0 Å². The predicted octanol–water partition coefficient (Wildman–Crippen LogP) is 3.80. The monoisotopic (exact) mass is 525 g/mol. The van der Waals surface area contributed by atoms with Crippen LogP contribution in [-0.2, 0) is 16.0 Å². The molecule has 196 valence electrons. The molecular formula is C27H31N3O6S. The van der Waals surface area contributed by atoms with E-state index in [2.05, 4.69) is 11.6 Å². The van der Waals surface area contributed by atoms with Gasteiger partial charge in [-0.2, -0.15) is 0 Å². The van der Waals surface area contributed by atoms with Crippen LogP contribution in [-0.4, -0.2) is 75.9 Å². The van der Waals surface area contributed by atoms with Crippen LogP contribution in [0.5, 0.6) is 5.75 Å². The van der Waals surface area contributed by atoms with Crippen LogP contribution in [0.1, 0.15) is 29.9 Å². The van der Waals surface area contributed by atoms with Gasteiger partial charge in [-0.15, -0.1) is 0 Å². The second kappa shape index (κ2) is 12.1. The Kier molecular flexibility index (Phi) is 8.62. The number of rotatable bonds is 10. The molecule has 1 aliphatic rings. The second-order valence-electron chi connectivity index (χ2n) is 9.09. The number of hydrogen-bond acceptors (Lipinski definition) is 6. The van der Waals surface area contributed by atoms with E-state index >= 15 is 0 Å². The standard InChI is InChI=1S/C27H31N3O6S/c1-2-23(32)30(20-10-14-36-15-11-20)13-12-29(27(34)35)17-19(16-18-6-4-3-5-7-18)21-8-9-22(31)24-25(21)37-26(33)28-24/h2-9,19-20,31H,1,10-17H2,(H,28,33)(H,34,35). The molecule has 37 heavy (non-hydrogen) atoms. The van der Waals surface area contributed by atoms with Crippen molar-refractivity contribution in [3.8, 4) is 5.75 Å². The van der Waals surface area contributed by atoms with Gasteiger partial charge in [0.25, 0.3) is 0 Å². The highest BCUT2D eigenvalue weighted by Gasteiger charge is 2.28. The van der Waals surface area contributed by atoms with Crippen molar-refractivity contribution in [1.82, 2.24) is 14.8 Å². The zero-order valence-electron chi connectivity index (χ0n) is 20.5. The number of fused-ring (bicyclic) bond motifs is 1. The Labute approximate surface area is 218 Å². The molecule has 1 aliphatic heterocycles. The van der Waals surface area contributed by atoms with Gasteiger partial charge in [0, 0.05) is 44.8 Å². The Hall–Kier alpha value is -3.63. The number of aromatic nitrogens is 1. The molecule has 1 saturated heterocycles. The summed E-state index contributed by atoms with van der Waals surface area (Å²) in [5, 5.41) is 20.4. The highest BCUT2D eigenvalue weighted by atomic mass is 32.1. The molecule has 9 nitrogen and oxygen atoms in total. The minimum absolute atomic E-state index is 0.0242. The lowest BCUT2D eigenvalue weighted by molar-refractivity contribution is -0.130. The molecule has 0 saturated carbocycles. The summed E-state index contributed by atoms with van der Waals surface area (Å²) in [6, 6.07) is 13.0.